The Morgan fingerprint density at radius 3 is 1.75 bits per heavy atom. The molecule has 0 heterocycles. The Morgan fingerprint density at radius 2 is 1.36 bits per heavy atom. The molecule has 1 aromatic rings. The predicted molar refractivity (Wildman–Crippen MR) is 83.1 cm³/mol. The number of alkyl halides is 6. The van der Waals surface area contributed by atoms with Crippen molar-refractivity contribution >= 4 is 27.6 Å². The molecule has 0 aliphatic rings. The normalized spacial score (nSPS) is 12.6. The first-order valence-corrected chi connectivity index (χ1v) is 8.66. The third-order valence-electron chi connectivity index (χ3n) is 3.77. The lowest BCUT2D eigenvalue weighted by Crippen LogP contribution is -2.37. The molecule has 0 spiro atoms. The van der Waals surface area contributed by atoms with Crippen LogP contribution < -0.4 is 10.6 Å². The van der Waals surface area contributed by atoms with Crippen molar-refractivity contribution in [2.24, 2.45) is 0 Å². The van der Waals surface area contributed by atoms with Gasteiger partial charge in [-0.1, -0.05) is 0 Å². The summed E-state index contributed by atoms with van der Waals surface area (Å²) in [6.07, 6.45) is -10.6. The van der Waals surface area contributed by atoms with Crippen LogP contribution in [0.15, 0.2) is 4.90 Å². The van der Waals surface area contributed by atoms with Gasteiger partial charge in [-0.15, -0.1) is 0 Å². The number of carbonyl (C=O) groups excluding carboxylic acids is 2. The molecule has 1 rings (SSSR count). The Bertz CT molecular complexity index is 922. The lowest BCUT2D eigenvalue weighted by Gasteiger charge is -2.22. The van der Waals surface area contributed by atoms with Crippen molar-refractivity contribution in [2.75, 3.05) is 5.32 Å². The Labute approximate surface area is 154 Å². The van der Waals surface area contributed by atoms with Crippen LogP contribution in [0, 0.1) is 20.8 Å². The van der Waals surface area contributed by atoms with Crippen molar-refractivity contribution in [3.8, 4) is 0 Å². The van der Waals surface area contributed by atoms with E-state index in [4.69, 9.17) is 0 Å². The van der Waals surface area contributed by atoms with Gasteiger partial charge < -0.3 is 10.6 Å². The number of anilines is 1. The molecule has 0 unspecified atom stereocenters. The zero-order valence-electron chi connectivity index (χ0n) is 14.5. The fraction of sp³-hybridized carbons (Fsp3) is 0.429. The summed E-state index contributed by atoms with van der Waals surface area (Å²) in [5.74, 6) is -4.84. The molecular weight excluding hydrogens is 422 g/mol. The summed E-state index contributed by atoms with van der Waals surface area (Å²) in [6.45, 7) is 2.25. The van der Waals surface area contributed by atoms with Crippen molar-refractivity contribution in [3.05, 3.63) is 22.3 Å². The summed E-state index contributed by atoms with van der Waals surface area (Å²) < 4.78 is 107. The molecule has 0 atom stereocenters. The highest BCUT2D eigenvalue weighted by Crippen LogP contribution is 2.35. The van der Waals surface area contributed by atoms with Crippen LogP contribution in [0.2, 0.25) is 0 Å². The molecule has 0 aliphatic carbocycles. The van der Waals surface area contributed by atoms with Crippen LogP contribution in [-0.4, -0.2) is 37.1 Å². The Balaban J connectivity index is 3.61. The van der Waals surface area contributed by atoms with E-state index in [1.807, 2.05) is 0 Å². The van der Waals surface area contributed by atoms with Crippen LogP contribution in [0.3, 0.4) is 0 Å². The van der Waals surface area contributed by atoms with Gasteiger partial charge in [0, 0.05) is 12.2 Å². The maximum atomic E-state index is 12.5. The second-order valence-electron chi connectivity index (χ2n) is 5.67. The minimum atomic E-state index is -5.34. The minimum absolute atomic E-state index is 0.220. The van der Waals surface area contributed by atoms with Gasteiger partial charge in [-0.2, -0.15) is 34.8 Å². The van der Waals surface area contributed by atoms with E-state index >= 15 is 0 Å². The van der Waals surface area contributed by atoms with Gasteiger partial charge in [0.2, 0.25) is 0 Å². The first-order chi connectivity index (χ1) is 12.4. The Hall–Kier alpha value is -2.35. The standard InChI is InChI=1S/C14H14F6N2O5S/c1-5-8(4-21-11(23)13(15,16)17)6(2)10(28(25,26)27)7(3)9(5)22-12(24)14(18,19)20/h4H2,1-3H3,(H,21,23)(H,22,24)(H,25,26,27). The molecule has 0 aromatic heterocycles. The number of amides is 2. The molecule has 0 fully saturated rings. The van der Waals surface area contributed by atoms with E-state index in [-0.39, 0.29) is 16.7 Å². The van der Waals surface area contributed by atoms with E-state index in [1.54, 1.807) is 0 Å². The molecule has 0 saturated carbocycles. The number of benzene rings is 1. The van der Waals surface area contributed by atoms with Gasteiger partial charge in [0.05, 0.1) is 0 Å². The van der Waals surface area contributed by atoms with Gasteiger partial charge in [0.25, 0.3) is 10.1 Å². The van der Waals surface area contributed by atoms with E-state index in [9.17, 15) is 48.9 Å². The summed E-state index contributed by atoms with van der Waals surface area (Å²) in [6, 6.07) is 0. The maximum Gasteiger partial charge on any atom is 0.471 e. The summed E-state index contributed by atoms with van der Waals surface area (Å²) in [7, 11) is -5.03. The fourth-order valence-electron chi connectivity index (χ4n) is 2.54. The first-order valence-electron chi connectivity index (χ1n) is 7.22. The van der Waals surface area contributed by atoms with E-state index < -0.39 is 57.0 Å². The molecule has 0 saturated heterocycles. The topological polar surface area (TPSA) is 113 Å². The average Bonchev–Trinajstić information content (AvgIpc) is 2.47. The van der Waals surface area contributed by atoms with Gasteiger partial charge in [-0.3, -0.25) is 14.1 Å². The molecule has 0 aliphatic heterocycles. The first kappa shape index (κ1) is 23.7. The summed E-state index contributed by atoms with van der Waals surface area (Å²) in [5.41, 5.74) is -1.97. The van der Waals surface area contributed by atoms with Gasteiger partial charge in [-0.25, -0.2) is 0 Å². The number of hydrogen-bond acceptors (Lipinski definition) is 4. The van der Waals surface area contributed by atoms with Crippen molar-refractivity contribution in [1.29, 1.82) is 0 Å². The minimum Gasteiger partial charge on any atom is -0.344 e. The van der Waals surface area contributed by atoms with Crippen molar-refractivity contribution < 1.29 is 48.9 Å². The lowest BCUT2D eigenvalue weighted by molar-refractivity contribution is -0.173. The molecule has 3 N–H and O–H groups in total. The van der Waals surface area contributed by atoms with E-state index in [0.29, 0.717) is 0 Å². The second-order valence-corrected chi connectivity index (χ2v) is 7.02. The van der Waals surface area contributed by atoms with Crippen LogP contribution in [0.5, 0.6) is 0 Å². The highest BCUT2D eigenvalue weighted by molar-refractivity contribution is 7.86. The number of halogens is 6. The molecule has 2 amide bonds. The van der Waals surface area contributed by atoms with Crippen LogP contribution >= 0.6 is 0 Å². The summed E-state index contributed by atoms with van der Waals surface area (Å²) >= 11 is 0. The van der Waals surface area contributed by atoms with Crippen molar-refractivity contribution in [2.45, 2.75) is 44.6 Å². The molecule has 1 aromatic carbocycles. The largest absolute Gasteiger partial charge is 0.471 e. The number of carbonyl (C=O) groups is 2. The zero-order chi connectivity index (χ0) is 22.2. The quantitative estimate of drug-likeness (QED) is 0.496. The van der Waals surface area contributed by atoms with Crippen LogP contribution in [-0.2, 0) is 26.3 Å². The second kappa shape index (κ2) is 7.58. The van der Waals surface area contributed by atoms with Crippen molar-refractivity contribution in [3.63, 3.8) is 0 Å². The van der Waals surface area contributed by atoms with Gasteiger partial charge in [0.15, 0.2) is 0 Å². The van der Waals surface area contributed by atoms with Crippen LogP contribution in [0.25, 0.3) is 0 Å². The molecule has 28 heavy (non-hydrogen) atoms. The SMILES string of the molecule is Cc1c(CNC(=O)C(F)(F)F)c(C)c(S(=O)(=O)O)c(C)c1NC(=O)C(F)(F)F. The molecule has 14 heteroatoms. The lowest BCUT2D eigenvalue weighted by atomic mass is 9.96. The smallest absolute Gasteiger partial charge is 0.344 e. The fourth-order valence-corrected chi connectivity index (χ4v) is 3.54. The van der Waals surface area contributed by atoms with Gasteiger partial charge in [0.1, 0.15) is 4.90 Å². The number of nitrogens with one attached hydrogen (secondary N) is 2. The molecular formula is C14H14F6N2O5S. The molecule has 0 radical (unpaired) electrons. The summed E-state index contributed by atoms with van der Waals surface area (Å²) in [4.78, 5) is 21.3. The molecule has 7 nitrogen and oxygen atoms in total. The highest BCUT2D eigenvalue weighted by atomic mass is 32.2. The Morgan fingerprint density at radius 1 is 0.893 bits per heavy atom. The number of hydrogen-bond donors (Lipinski definition) is 3. The molecule has 158 valence electrons. The average molecular weight is 436 g/mol. The van der Waals surface area contributed by atoms with Gasteiger partial charge >= 0.3 is 24.2 Å². The number of rotatable bonds is 4. The highest BCUT2D eigenvalue weighted by Gasteiger charge is 2.40. The monoisotopic (exact) mass is 436 g/mol. The van der Waals surface area contributed by atoms with E-state index in [1.165, 1.54) is 10.6 Å². The third kappa shape index (κ3) is 5.13. The summed E-state index contributed by atoms with van der Waals surface area (Å²) in [5, 5.41) is 2.90. The Kier molecular flexibility index (Phi) is 6.41. The predicted octanol–water partition coefficient (Wildman–Crippen LogP) is 2.54. The zero-order valence-corrected chi connectivity index (χ0v) is 15.3. The maximum absolute atomic E-state index is 12.5. The third-order valence-corrected chi connectivity index (χ3v) is 4.90. The van der Waals surface area contributed by atoms with Crippen LogP contribution in [0.1, 0.15) is 22.3 Å². The van der Waals surface area contributed by atoms with Gasteiger partial charge in [-0.05, 0) is 43.0 Å². The molecule has 0 bridgehead atoms. The van der Waals surface area contributed by atoms with E-state index in [2.05, 4.69) is 0 Å². The van der Waals surface area contributed by atoms with E-state index in [0.717, 1.165) is 20.8 Å². The van der Waals surface area contributed by atoms with Crippen molar-refractivity contribution in [1.82, 2.24) is 5.32 Å². The van der Waals surface area contributed by atoms with Crippen LogP contribution in [0.4, 0.5) is 32.0 Å².